The molecule has 0 unspecified atom stereocenters. The van der Waals surface area contributed by atoms with Crippen molar-refractivity contribution < 1.29 is 43.4 Å². The Morgan fingerprint density at radius 1 is 1.12 bits per heavy atom. The lowest BCUT2D eigenvalue weighted by Gasteiger charge is -2.18. The first-order chi connectivity index (χ1) is 7.17. The Hall–Kier alpha value is -1.73. The van der Waals surface area contributed by atoms with E-state index in [1.807, 2.05) is 0 Å². The minimum atomic E-state index is -3.53. The molecule has 90 valence electrons. The Balaban J connectivity index is 4.74. The number of hydrogen-bond donors (Lipinski definition) is 3. The number of carbonyl (C=O) groups excluding carboxylic acids is 1. The first kappa shape index (κ1) is 14.3. The van der Waals surface area contributed by atoms with E-state index in [0.29, 0.717) is 0 Å². The summed E-state index contributed by atoms with van der Waals surface area (Å²) in [6.45, 7) is 0. The highest BCUT2D eigenvalue weighted by Crippen LogP contribution is 2.19. The van der Waals surface area contributed by atoms with E-state index in [0.717, 1.165) is 0 Å². The molecule has 0 rings (SSSR count). The zero-order chi connectivity index (χ0) is 12.9. The predicted molar refractivity (Wildman–Crippen MR) is 43.8 cm³/mol. The molecule has 0 fully saturated rings. The van der Waals surface area contributed by atoms with Crippen molar-refractivity contribution in [2.45, 2.75) is 18.4 Å². The molecule has 10 heteroatoms. The van der Waals surface area contributed by atoms with Crippen LogP contribution < -0.4 is 0 Å². The smallest absolute Gasteiger partial charge is 0.481 e. The molecule has 0 aliphatic heterocycles. The van der Waals surface area contributed by atoms with Gasteiger partial charge in [-0.05, 0) is 0 Å². The van der Waals surface area contributed by atoms with E-state index >= 15 is 0 Å². The van der Waals surface area contributed by atoms with E-state index in [1.165, 1.54) is 0 Å². The molecule has 0 bridgehead atoms. The van der Waals surface area contributed by atoms with Crippen LogP contribution in [0.4, 0.5) is 0 Å². The van der Waals surface area contributed by atoms with Gasteiger partial charge in [-0.15, -0.1) is 0 Å². The van der Waals surface area contributed by atoms with Crippen LogP contribution in [0.3, 0.4) is 0 Å². The molecule has 0 amide bonds. The maximum absolute atomic E-state index is 10.7. The van der Waals surface area contributed by atoms with E-state index in [9.17, 15) is 28.6 Å². The second kappa shape index (κ2) is 5.38. The molecule has 0 aliphatic rings. The van der Waals surface area contributed by atoms with Crippen molar-refractivity contribution in [1.82, 2.24) is 0 Å². The molecule has 0 spiro atoms. The molecule has 3 N–H and O–H groups in total. The first-order valence-electron chi connectivity index (χ1n) is 3.70. The molecule has 0 saturated heterocycles. The van der Waals surface area contributed by atoms with Crippen molar-refractivity contribution in [1.29, 1.82) is 0 Å². The third-order valence-electron chi connectivity index (χ3n) is 1.45. The molecule has 0 aromatic carbocycles. The molecule has 0 aromatic rings. The van der Waals surface area contributed by atoms with Crippen molar-refractivity contribution in [3.8, 4) is 0 Å². The molecular weight excluding hydrogens is 247 g/mol. The molecule has 0 heterocycles. The van der Waals surface area contributed by atoms with Gasteiger partial charge in [0.25, 0.3) is 0 Å². The van der Waals surface area contributed by atoms with Crippen molar-refractivity contribution >= 4 is 25.8 Å². The van der Waals surface area contributed by atoms with Crippen LogP contribution in [-0.2, 0) is 28.0 Å². The summed E-state index contributed by atoms with van der Waals surface area (Å²) in [5.41, 5.74) is -2.89. The van der Waals surface area contributed by atoms with Crippen LogP contribution in [0.1, 0.15) is 12.8 Å². The lowest BCUT2D eigenvalue weighted by molar-refractivity contribution is -0.169. The van der Waals surface area contributed by atoms with Crippen molar-refractivity contribution in [3.63, 3.8) is 0 Å². The Labute approximate surface area is 88.5 Å². The fourth-order valence-electron chi connectivity index (χ4n) is 0.818. The zero-order valence-corrected chi connectivity index (χ0v) is 8.55. The highest BCUT2D eigenvalue weighted by atomic mass is 31.1. The minimum absolute atomic E-state index is 1.26. The molecule has 9 nitrogen and oxygen atoms in total. The number of carboxylic acids is 2. The monoisotopic (exact) mass is 254 g/mol. The van der Waals surface area contributed by atoms with Gasteiger partial charge in [-0.1, -0.05) is 0 Å². The highest BCUT2D eigenvalue weighted by Gasteiger charge is 2.41. The predicted octanol–water partition coefficient (Wildman–Crippen LogP) is -0.702. The van der Waals surface area contributed by atoms with Crippen molar-refractivity contribution in [2.24, 2.45) is 0 Å². The van der Waals surface area contributed by atoms with Crippen LogP contribution in [0.15, 0.2) is 0 Å². The summed E-state index contributed by atoms with van der Waals surface area (Å²) in [7, 11) is -3.53. The molecular formula is C6H7O9P. The molecule has 0 aliphatic carbocycles. The van der Waals surface area contributed by atoms with E-state index in [4.69, 9.17) is 10.2 Å². The van der Waals surface area contributed by atoms with Crippen LogP contribution in [0.5, 0.6) is 0 Å². The lowest BCUT2D eigenvalue weighted by atomic mass is 9.96. The largest absolute Gasteiger partial charge is 0.531 e. The van der Waals surface area contributed by atoms with Crippen LogP contribution in [-0.4, -0.2) is 38.8 Å². The average Bonchev–Trinajstić information content (AvgIpc) is 1.98. The number of rotatable bonds is 6. The third kappa shape index (κ3) is 4.67. The van der Waals surface area contributed by atoms with Gasteiger partial charge in [0.2, 0.25) is 0 Å². The summed E-state index contributed by atoms with van der Waals surface area (Å²) in [6.07, 6.45) is -2.54. The number of carboxylic acid groups (broad SMARTS) is 2. The van der Waals surface area contributed by atoms with Gasteiger partial charge in [0, 0.05) is 0 Å². The number of carbonyl (C=O) groups is 3. The minimum Gasteiger partial charge on any atom is -0.481 e. The fraction of sp³-hybridized carbons (Fsp3) is 0.500. The van der Waals surface area contributed by atoms with Gasteiger partial charge in [-0.3, -0.25) is 9.59 Å². The van der Waals surface area contributed by atoms with Crippen LogP contribution in [0, 0.1) is 0 Å². The molecule has 16 heavy (non-hydrogen) atoms. The molecule has 1 atom stereocenters. The molecule has 0 aromatic heterocycles. The maximum atomic E-state index is 10.7. The Morgan fingerprint density at radius 3 is 1.94 bits per heavy atom. The van der Waals surface area contributed by atoms with Crippen LogP contribution in [0.25, 0.3) is 0 Å². The Kier molecular flexibility index (Phi) is 4.80. The van der Waals surface area contributed by atoms with Crippen molar-refractivity contribution in [2.75, 3.05) is 0 Å². The number of hydrogen-bond acceptors (Lipinski definition) is 7. The van der Waals surface area contributed by atoms with Crippen molar-refractivity contribution in [3.05, 3.63) is 0 Å². The second-order valence-electron chi connectivity index (χ2n) is 2.77. The van der Waals surface area contributed by atoms with Gasteiger partial charge in [-0.25, -0.2) is 4.79 Å². The summed E-state index contributed by atoms with van der Waals surface area (Å²) in [5.74, 6) is -5.18. The van der Waals surface area contributed by atoms with Gasteiger partial charge in [0.1, 0.15) is 0 Å². The van der Waals surface area contributed by atoms with E-state index < -0.39 is 44.3 Å². The van der Waals surface area contributed by atoms with Gasteiger partial charge in [-0.2, -0.15) is 9.13 Å². The summed E-state index contributed by atoms with van der Waals surface area (Å²) in [6, 6.07) is 0. The SMILES string of the molecule is O=C(O)C[C@](O)(CC(=O)OP(=O)=O)C(=O)O. The van der Waals surface area contributed by atoms with Gasteiger partial charge in [0.05, 0.1) is 12.8 Å². The van der Waals surface area contributed by atoms with Gasteiger partial charge < -0.3 is 19.8 Å². The topological polar surface area (TPSA) is 155 Å². The number of aliphatic carboxylic acids is 2. The van der Waals surface area contributed by atoms with Crippen LogP contribution in [0.2, 0.25) is 0 Å². The van der Waals surface area contributed by atoms with Crippen LogP contribution >= 0.6 is 7.91 Å². The third-order valence-corrected chi connectivity index (χ3v) is 1.81. The quantitative estimate of drug-likeness (QED) is 0.521. The van der Waals surface area contributed by atoms with E-state index in [1.54, 1.807) is 0 Å². The van der Waals surface area contributed by atoms with Gasteiger partial charge >= 0.3 is 25.8 Å². The Bertz CT molecular complexity index is 375. The standard InChI is InChI=1S/C6H7O9P/c7-3(8)1-6(12,5(10)11)2-4(9)15-16(13)14/h12H,1-2H2,(H,7,8)(H,10,11)/t6-/m0/s1. The summed E-state index contributed by atoms with van der Waals surface area (Å²) in [5, 5.41) is 26.1. The lowest BCUT2D eigenvalue weighted by Crippen LogP contribution is -2.42. The molecule has 0 saturated carbocycles. The zero-order valence-electron chi connectivity index (χ0n) is 7.65. The van der Waals surface area contributed by atoms with E-state index in [-0.39, 0.29) is 0 Å². The molecule has 0 radical (unpaired) electrons. The summed E-state index contributed by atoms with van der Waals surface area (Å²) in [4.78, 5) is 31.5. The first-order valence-corrected chi connectivity index (χ1v) is 4.79. The fourth-order valence-corrected chi connectivity index (χ4v) is 1.05. The Morgan fingerprint density at radius 2 is 1.62 bits per heavy atom. The second-order valence-corrected chi connectivity index (χ2v) is 3.40. The summed E-state index contributed by atoms with van der Waals surface area (Å²) < 4.78 is 23.4. The maximum Gasteiger partial charge on any atom is 0.531 e. The van der Waals surface area contributed by atoms with Gasteiger partial charge in [0.15, 0.2) is 5.60 Å². The average molecular weight is 254 g/mol. The normalized spacial score (nSPS) is 13.6. The van der Waals surface area contributed by atoms with E-state index in [2.05, 4.69) is 4.52 Å². The number of aliphatic hydroxyl groups is 1. The summed E-state index contributed by atoms with van der Waals surface area (Å²) >= 11 is 0. The highest BCUT2D eigenvalue weighted by molar-refractivity contribution is 7.25.